The minimum Gasteiger partial charge on any atom is -0.475 e. The fourth-order valence-electron chi connectivity index (χ4n) is 4.16. The largest absolute Gasteiger partial charge is 0.490 e. The summed E-state index contributed by atoms with van der Waals surface area (Å²) in [5, 5.41) is 10.6. The van der Waals surface area contributed by atoms with Gasteiger partial charge >= 0.3 is 12.1 Å². The number of fused-ring (bicyclic) bond motifs is 1. The van der Waals surface area contributed by atoms with Gasteiger partial charge in [-0.25, -0.2) is 4.79 Å². The molecule has 3 heterocycles. The Morgan fingerprint density at radius 2 is 1.83 bits per heavy atom. The van der Waals surface area contributed by atoms with Gasteiger partial charge in [0.1, 0.15) is 5.54 Å². The van der Waals surface area contributed by atoms with Crippen LogP contribution in [-0.4, -0.2) is 77.8 Å². The normalized spacial score (nSPS) is 16.5. The Morgan fingerprint density at radius 1 is 1.17 bits per heavy atom. The number of halogens is 3. The van der Waals surface area contributed by atoms with Gasteiger partial charge < -0.3 is 25.0 Å². The van der Waals surface area contributed by atoms with Gasteiger partial charge in [-0.05, 0) is 36.6 Å². The van der Waals surface area contributed by atoms with Crippen LogP contribution in [0.2, 0.25) is 0 Å². The number of piperidine rings is 1. The van der Waals surface area contributed by atoms with Crippen LogP contribution in [0.4, 0.5) is 24.5 Å². The maximum Gasteiger partial charge on any atom is 0.490 e. The van der Waals surface area contributed by atoms with Crippen molar-refractivity contribution in [3.8, 4) is 0 Å². The highest BCUT2D eigenvalue weighted by molar-refractivity contribution is 6.08. The third kappa shape index (κ3) is 6.30. The maximum atomic E-state index is 13.4. The molecule has 0 bridgehead atoms. The lowest BCUT2D eigenvalue weighted by molar-refractivity contribution is -0.192. The van der Waals surface area contributed by atoms with E-state index in [1.165, 1.54) is 0 Å². The fraction of sp³-hybridized carbons (Fsp3) is 0.417. The van der Waals surface area contributed by atoms with Crippen LogP contribution in [0.3, 0.4) is 0 Å². The van der Waals surface area contributed by atoms with Crippen molar-refractivity contribution in [3.05, 3.63) is 54.4 Å². The van der Waals surface area contributed by atoms with Crippen molar-refractivity contribution < 1.29 is 37.4 Å². The molecule has 1 aromatic heterocycles. The molecule has 1 saturated heterocycles. The van der Waals surface area contributed by atoms with E-state index in [0.29, 0.717) is 45.5 Å². The van der Waals surface area contributed by atoms with E-state index >= 15 is 0 Å². The quantitative estimate of drug-likeness (QED) is 0.639. The average molecular weight is 508 g/mol. The van der Waals surface area contributed by atoms with Gasteiger partial charge in [-0.1, -0.05) is 18.2 Å². The van der Waals surface area contributed by atoms with Gasteiger partial charge in [0.15, 0.2) is 0 Å². The molecular weight excluding hydrogens is 481 g/mol. The molecule has 12 heteroatoms. The summed E-state index contributed by atoms with van der Waals surface area (Å²) in [6.07, 6.45) is -0.151. The Bertz CT molecular complexity index is 1070. The number of hydrogen-bond donors (Lipinski definition) is 2. The molecular formula is C24H27F3N4O5. The van der Waals surface area contributed by atoms with Crippen molar-refractivity contribution in [2.45, 2.75) is 31.0 Å². The lowest BCUT2D eigenvalue weighted by Gasteiger charge is -2.47. The molecule has 194 valence electrons. The molecule has 4 rings (SSSR count). The Labute approximate surface area is 205 Å². The van der Waals surface area contributed by atoms with E-state index in [1.54, 1.807) is 19.5 Å². The molecule has 0 radical (unpaired) electrons. The smallest absolute Gasteiger partial charge is 0.475 e. The van der Waals surface area contributed by atoms with Crippen molar-refractivity contribution >= 4 is 29.2 Å². The number of ether oxygens (including phenoxy) is 1. The third-order valence-corrected chi connectivity index (χ3v) is 6.03. The first-order valence-electron chi connectivity index (χ1n) is 11.2. The van der Waals surface area contributed by atoms with Crippen LogP contribution < -0.4 is 10.2 Å². The van der Waals surface area contributed by atoms with Gasteiger partial charge in [-0.2, -0.15) is 13.2 Å². The number of alkyl halides is 3. The summed E-state index contributed by atoms with van der Waals surface area (Å²) in [5.41, 5.74) is 2.07. The van der Waals surface area contributed by atoms with Crippen LogP contribution in [0.25, 0.3) is 0 Å². The molecule has 0 unspecified atom stereocenters. The summed E-state index contributed by atoms with van der Waals surface area (Å²) in [5.74, 6) is -2.62. The lowest BCUT2D eigenvalue weighted by atomic mass is 9.83. The number of para-hydroxylation sites is 2. The Morgan fingerprint density at radius 3 is 2.42 bits per heavy atom. The summed E-state index contributed by atoms with van der Waals surface area (Å²) in [6.45, 7) is 2.10. The predicted molar refractivity (Wildman–Crippen MR) is 124 cm³/mol. The van der Waals surface area contributed by atoms with E-state index < -0.39 is 17.7 Å². The molecule has 1 spiro atoms. The Kier molecular flexibility index (Phi) is 8.51. The van der Waals surface area contributed by atoms with Crippen LogP contribution in [0.5, 0.6) is 0 Å². The molecule has 1 aromatic carbocycles. The highest BCUT2D eigenvalue weighted by Gasteiger charge is 2.48. The molecule has 2 aliphatic heterocycles. The van der Waals surface area contributed by atoms with Crippen molar-refractivity contribution in [2.75, 3.05) is 43.6 Å². The molecule has 0 atom stereocenters. The number of nitrogens with zero attached hydrogens (tertiary/aromatic N) is 3. The molecule has 2 aliphatic rings. The first kappa shape index (κ1) is 26.9. The fourth-order valence-corrected chi connectivity index (χ4v) is 4.16. The number of likely N-dealkylation sites (tertiary alicyclic amines) is 1. The highest BCUT2D eigenvalue weighted by Crippen LogP contribution is 2.39. The molecule has 9 nitrogen and oxygen atoms in total. The summed E-state index contributed by atoms with van der Waals surface area (Å²) in [6, 6.07) is 11.6. The molecule has 36 heavy (non-hydrogen) atoms. The maximum absolute atomic E-state index is 13.4. The molecule has 2 amide bonds. The van der Waals surface area contributed by atoms with Crippen LogP contribution in [0.15, 0.2) is 48.8 Å². The van der Waals surface area contributed by atoms with Crippen molar-refractivity contribution in [3.63, 3.8) is 0 Å². The van der Waals surface area contributed by atoms with Crippen LogP contribution in [0.1, 0.15) is 18.4 Å². The number of aliphatic carboxylic acids is 1. The summed E-state index contributed by atoms with van der Waals surface area (Å²) < 4.78 is 37.0. The van der Waals surface area contributed by atoms with E-state index in [0.717, 1.165) is 16.9 Å². The number of carbonyl (C=O) groups excluding carboxylic acids is 2. The number of carbonyl (C=O) groups is 3. The molecule has 0 saturated carbocycles. The summed E-state index contributed by atoms with van der Waals surface area (Å²) in [4.78, 5) is 42.8. The minimum absolute atomic E-state index is 0.0626. The van der Waals surface area contributed by atoms with Crippen molar-refractivity contribution in [2.24, 2.45) is 0 Å². The zero-order chi connectivity index (χ0) is 26.3. The van der Waals surface area contributed by atoms with Crippen molar-refractivity contribution in [1.82, 2.24) is 9.88 Å². The first-order chi connectivity index (χ1) is 17.1. The van der Waals surface area contributed by atoms with E-state index in [2.05, 4.69) is 10.3 Å². The number of carboxylic acids is 1. The topological polar surface area (TPSA) is 112 Å². The van der Waals surface area contributed by atoms with Gasteiger partial charge in [0, 0.05) is 39.1 Å². The average Bonchev–Trinajstić information content (AvgIpc) is 2.85. The first-order valence-corrected chi connectivity index (χ1v) is 11.2. The number of amides is 2. The molecule has 2 N–H and O–H groups in total. The third-order valence-electron chi connectivity index (χ3n) is 6.03. The second-order valence-corrected chi connectivity index (χ2v) is 8.40. The number of rotatable bonds is 5. The van der Waals surface area contributed by atoms with Crippen LogP contribution in [-0.2, 0) is 25.5 Å². The number of nitrogens with one attached hydrogen (secondary N) is 1. The van der Waals surface area contributed by atoms with E-state index in [-0.39, 0.29) is 11.8 Å². The summed E-state index contributed by atoms with van der Waals surface area (Å²) >= 11 is 0. The van der Waals surface area contributed by atoms with Gasteiger partial charge in [-0.3, -0.25) is 14.6 Å². The second kappa shape index (κ2) is 11.4. The zero-order valence-corrected chi connectivity index (χ0v) is 19.6. The van der Waals surface area contributed by atoms with E-state index in [4.69, 9.17) is 14.6 Å². The number of carboxylic acid groups (broad SMARTS) is 1. The Hall–Kier alpha value is -3.67. The van der Waals surface area contributed by atoms with Crippen LogP contribution >= 0.6 is 0 Å². The minimum atomic E-state index is -5.08. The van der Waals surface area contributed by atoms with Crippen molar-refractivity contribution in [1.29, 1.82) is 0 Å². The monoisotopic (exact) mass is 508 g/mol. The lowest BCUT2D eigenvalue weighted by Crippen LogP contribution is -2.62. The van der Waals surface area contributed by atoms with E-state index in [1.807, 2.05) is 46.2 Å². The molecule has 1 fully saturated rings. The zero-order valence-electron chi connectivity index (χ0n) is 19.6. The predicted octanol–water partition coefficient (Wildman–Crippen LogP) is 2.72. The second-order valence-electron chi connectivity index (χ2n) is 8.40. The van der Waals surface area contributed by atoms with E-state index in [9.17, 15) is 22.8 Å². The SMILES string of the molecule is COCCN1C(=O)C2(CCN(C(=O)Cc3cccnc3)CC2)Nc2ccccc21.O=C(O)C(F)(F)F. The number of pyridine rings is 1. The van der Waals surface area contributed by atoms with Gasteiger partial charge in [0.25, 0.3) is 5.91 Å². The van der Waals surface area contributed by atoms with Crippen LogP contribution in [0, 0.1) is 0 Å². The Balaban J connectivity index is 0.000000454. The molecule has 0 aliphatic carbocycles. The highest BCUT2D eigenvalue weighted by atomic mass is 19.4. The molecule has 2 aromatic rings. The summed E-state index contributed by atoms with van der Waals surface area (Å²) in [7, 11) is 1.64. The standard InChI is InChI=1S/C22H26N4O3.C2HF3O2/c1-29-14-13-26-19-7-3-2-6-18(19)24-22(21(26)28)8-11-25(12-9-22)20(27)15-17-5-4-10-23-16-17;3-2(4,5)1(6)7/h2-7,10,16,24H,8-9,11-15H2,1H3;(H,6,7). The number of methoxy groups -OCH3 is 1. The number of benzene rings is 1. The number of anilines is 2. The van der Waals surface area contributed by atoms with Gasteiger partial charge in [-0.15, -0.1) is 0 Å². The number of aromatic nitrogens is 1. The number of hydrogen-bond acceptors (Lipinski definition) is 6. The van der Waals surface area contributed by atoms with Gasteiger partial charge in [0.2, 0.25) is 5.91 Å². The van der Waals surface area contributed by atoms with Gasteiger partial charge in [0.05, 0.1) is 24.4 Å².